The average molecular weight is 433 g/mol. The fourth-order valence-electron chi connectivity index (χ4n) is 1.90. The summed E-state index contributed by atoms with van der Waals surface area (Å²) < 4.78 is 27.9. The van der Waals surface area contributed by atoms with E-state index in [1.165, 1.54) is 4.31 Å². The van der Waals surface area contributed by atoms with Crippen molar-refractivity contribution in [2.75, 3.05) is 13.6 Å². The molecular weight excluding hydrogens is 418 g/mol. The van der Waals surface area contributed by atoms with Gasteiger partial charge in [-0.25, -0.2) is 12.7 Å². The second-order valence-electron chi connectivity index (χ2n) is 4.64. The average Bonchev–Trinajstić information content (AvgIpc) is 2.45. The van der Waals surface area contributed by atoms with Crippen LogP contribution < -0.4 is 0 Å². The van der Waals surface area contributed by atoms with Gasteiger partial charge in [-0.05, 0) is 46.1 Å². The SMILES string of the molecule is CN(CCc1ccccc1)S(=O)(=O)c1ccc(Br)cc1Br. The maximum absolute atomic E-state index is 12.6. The molecule has 0 saturated heterocycles. The van der Waals surface area contributed by atoms with Crippen LogP contribution in [0, 0.1) is 0 Å². The van der Waals surface area contributed by atoms with Gasteiger partial charge < -0.3 is 0 Å². The monoisotopic (exact) mass is 431 g/mol. The molecule has 2 aromatic carbocycles. The van der Waals surface area contributed by atoms with Crippen LogP contribution in [-0.2, 0) is 16.4 Å². The second kappa shape index (κ2) is 7.05. The van der Waals surface area contributed by atoms with Gasteiger partial charge >= 0.3 is 0 Å². The molecule has 0 saturated carbocycles. The van der Waals surface area contributed by atoms with Gasteiger partial charge in [-0.2, -0.15) is 0 Å². The van der Waals surface area contributed by atoms with Gasteiger partial charge in [-0.1, -0.05) is 46.3 Å². The van der Waals surface area contributed by atoms with Crippen LogP contribution in [0.3, 0.4) is 0 Å². The van der Waals surface area contributed by atoms with E-state index in [0.29, 0.717) is 17.4 Å². The van der Waals surface area contributed by atoms with Crippen LogP contribution in [0.5, 0.6) is 0 Å². The van der Waals surface area contributed by atoms with Gasteiger partial charge in [0.2, 0.25) is 10.0 Å². The van der Waals surface area contributed by atoms with E-state index in [2.05, 4.69) is 31.9 Å². The summed E-state index contributed by atoms with van der Waals surface area (Å²) in [4.78, 5) is 0.279. The Balaban J connectivity index is 2.15. The molecule has 0 aromatic heterocycles. The Morgan fingerprint density at radius 2 is 1.71 bits per heavy atom. The highest BCUT2D eigenvalue weighted by molar-refractivity contribution is 9.11. The molecule has 0 bridgehead atoms. The molecule has 0 aliphatic heterocycles. The quantitative estimate of drug-likeness (QED) is 0.713. The van der Waals surface area contributed by atoms with Gasteiger partial charge in [-0.15, -0.1) is 0 Å². The van der Waals surface area contributed by atoms with Crippen molar-refractivity contribution in [2.24, 2.45) is 0 Å². The zero-order chi connectivity index (χ0) is 15.5. The summed E-state index contributed by atoms with van der Waals surface area (Å²) in [6.07, 6.45) is 0.685. The molecule has 0 amide bonds. The first kappa shape index (κ1) is 16.7. The highest BCUT2D eigenvalue weighted by Gasteiger charge is 2.23. The Kier molecular flexibility index (Phi) is 5.60. The Labute approximate surface area is 142 Å². The second-order valence-corrected chi connectivity index (χ2v) is 8.42. The topological polar surface area (TPSA) is 37.4 Å². The zero-order valence-corrected chi connectivity index (χ0v) is 15.4. The molecule has 21 heavy (non-hydrogen) atoms. The van der Waals surface area contributed by atoms with Crippen LogP contribution in [-0.4, -0.2) is 26.3 Å². The van der Waals surface area contributed by atoms with E-state index in [9.17, 15) is 8.42 Å². The molecule has 2 rings (SSSR count). The van der Waals surface area contributed by atoms with Gasteiger partial charge in [-0.3, -0.25) is 0 Å². The molecule has 0 aliphatic carbocycles. The van der Waals surface area contributed by atoms with E-state index < -0.39 is 10.0 Å². The van der Waals surface area contributed by atoms with Gasteiger partial charge in [0.05, 0.1) is 4.90 Å². The van der Waals surface area contributed by atoms with Crippen LogP contribution in [0.4, 0.5) is 0 Å². The van der Waals surface area contributed by atoms with Crippen LogP contribution in [0.25, 0.3) is 0 Å². The summed E-state index contributed by atoms with van der Waals surface area (Å²) in [6, 6.07) is 14.9. The van der Waals surface area contributed by atoms with E-state index in [-0.39, 0.29) is 4.90 Å². The number of benzene rings is 2. The molecule has 0 fully saturated rings. The molecule has 0 unspecified atom stereocenters. The van der Waals surface area contributed by atoms with E-state index >= 15 is 0 Å². The summed E-state index contributed by atoms with van der Waals surface area (Å²) in [5.41, 5.74) is 1.12. The summed E-state index contributed by atoms with van der Waals surface area (Å²) in [5.74, 6) is 0. The Morgan fingerprint density at radius 1 is 1.05 bits per heavy atom. The van der Waals surface area contributed by atoms with Crippen molar-refractivity contribution in [3.63, 3.8) is 0 Å². The van der Waals surface area contributed by atoms with Gasteiger partial charge in [0, 0.05) is 22.5 Å². The van der Waals surface area contributed by atoms with Crippen molar-refractivity contribution in [3.05, 3.63) is 63.0 Å². The molecule has 0 spiro atoms. The van der Waals surface area contributed by atoms with Crippen LogP contribution in [0.15, 0.2) is 62.4 Å². The smallest absolute Gasteiger partial charge is 0.207 e. The summed E-state index contributed by atoms with van der Waals surface area (Å²) in [6.45, 7) is 0.439. The molecule has 0 radical (unpaired) electrons. The standard InChI is InChI=1S/C15H15Br2NO2S/c1-18(10-9-12-5-3-2-4-6-12)21(19,20)15-8-7-13(16)11-14(15)17/h2-8,11H,9-10H2,1H3. The molecule has 0 atom stereocenters. The third kappa shape index (κ3) is 4.16. The van der Waals surface area contributed by atoms with E-state index in [1.807, 2.05) is 30.3 Å². The molecule has 0 aliphatic rings. The lowest BCUT2D eigenvalue weighted by molar-refractivity contribution is 0.472. The highest BCUT2D eigenvalue weighted by Crippen LogP contribution is 2.27. The molecular formula is C15H15Br2NO2S. The van der Waals surface area contributed by atoms with Crippen molar-refractivity contribution < 1.29 is 8.42 Å². The molecule has 2 aromatic rings. The van der Waals surface area contributed by atoms with Crippen molar-refractivity contribution in [2.45, 2.75) is 11.3 Å². The summed E-state index contributed by atoms with van der Waals surface area (Å²) in [5, 5.41) is 0. The van der Waals surface area contributed by atoms with Gasteiger partial charge in [0.15, 0.2) is 0 Å². The fourth-order valence-corrected chi connectivity index (χ4v) is 4.78. The Morgan fingerprint density at radius 3 is 2.33 bits per heavy atom. The number of likely N-dealkylation sites (N-methyl/N-ethyl adjacent to an activating group) is 1. The number of hydrogen-bond donors (Lipinski definition) is 0. The van der Waals surface area contributed by atoms with E-state index in [1.54, 1.807) is 25.2 Å². The molecule has 0 heterocycles. The predicted octanol–water partition coefficient (Wildman–Crippen LogP) is 4.07. The maximum Gasteiger partial charge on any atom is 0.243 e. The van der Waals surface area contributed by atoms with E-state index in [0.717, 1.165) is 10.0 Å². The molecule has 0 N–H and O–H groups in total. The molecule has 6 heteroatoms. The maximum atomic E-state index is 12.6. The first-order valence-electron chi connectivity index (χ1n) is 6.36. The lowest BCUT2D eigenvalue weighted by Gasteiger charge is -2.18. The number of halogens is 2. The van der Waals surface area contributed by atoms with Crippen LogP contribution in [0.1, 0.15) is 5.56 Å². The summed E-state index contributed by atoms with van der Waals surface area (Å²) >= 11 is 6.63. The van der Waals surface area contributed by atoms with Crippen molar-refractivity contribution >= 4 is 41.9 Å². The summed E-state index contributed by atoms with van der Waals surface area (Å²) in [7, 11) is -1.89. The lowest BCUT2D eigenvalue weighted by atomic mass is 10.2. The first-order chi connectivity index (χ1) is 9.91. The highest BCUT2D eigenvalue weighted by atomic mass is 79.9. The lowest BCUT2D eigenvalue weighted by Crippen LogP contribution is -2.29. The fraction of sp³-hybridized carbons (Fsp3) is 0.200. The van der Waals surface area contributed by atoms with Gasteiger partial charge in [0.25, 0.3) is 0 Å². The number of sulfonamides is 1. The first-order valence-corrected chi connectivity index (χ1v) is 9.39. The van der Waals surface area contributed by atoms with Crippen LogP contribution >= 0.6 is 31.9 Å². The largest absolute Gasteiger partial charge is 0.243 e. The van der Waals surface area contributed by atoms with Crippen molar-refractivity contribution in [3.8, 4) is 0 Å². The third-order valence-corrected chi connectivity index (χ3v) is 6.47. The minimum atomic E-state index is -3.49. The Hall–Kier alpha value is -0.690. The van der Waals surface area contributed by atoms with Crippen molar-refractivity contribution in [1.82, 2.24) is 4.31 Å². The molecule has 3 nitrogen and oxygen atoms in total. The van der Waals surface area contributed by atoms with Gasteiger partial charge in [0.1, 0.15) is 0 Å². The molecule has 112 valence electrons. The normalized spacial score (nSPS) is 11.8. The number of rotatable bonds is 5. The van der Waals surface area contributed by atoms with E-state index in [4.69, 9.17) is 0 Å². The zero-order valence-electron chi connectivity index (χ0n) is 11.5. The Bertz CT molecular complexity index is 718. The van der Waals surface area contributed by atoms with Crippen LogP contribution in [0.2, 0.25) is 0 Å². The number of hydrogen-bond acceptors (Lipinski definition) is 2. The predicted molar refractivity (Wildman–Crippen MR) is 91.8 cm³/mol. The van der Waals surface area contributed by atoms with Crippen molar-refractivity contribution in [1.29, 1.82) is 0 Å². The number of nitrogens with zero attached hydrogens (tertiary/aromatic N) is 1. The third-order valence-electron chi connectivity index (χ3n) is 3.14. The minimum Gasteiger partial charge on any atom is -0.207 e. The minimum absolute atomic E-state index is 0.279.